The van der Waals surface area contributed by atoms with Crippen LogP contribution in [0.3, 0.4) is 0 Å². The van der Waals surface area contributed by atoms with Crippen LogP contribution in [0.1, 0.15) is 35.4 Å². The number of methoxy groups -OCH3 is 2. The van der Waals surface area contributed by atoms with Gasteiger partial charge < -0.3 is 14.2 Å². The van der Waals surface area contributed by atoms with Crippen molar-refractivity contribution in [2.75, 3.05) is 14.2 Å². The standard InChI is InChI=1S/C24H20ClN3O5/c1-31-22-10-7-14(11-23(22)32-2)19-13-20-16-5-3-4-6-21(16)33-24(27(20)26-19)17-12-15(28(29)30)8-9-18(17)25/h3-12,20,24H,13H2,1-2H3/t20-,24+/m1/s1. The van der Waals surface area contributed by atoms with Crippen LogP contribution in [0, 0.1) is 10.1 Å². The number of hydrogen-bond donors (Lipinski definition) is 0. The molecule has 3 aromatic rings. The van der Waals surface area contributed by atoms with Gasteiger partial charge in [0.25, 0.3) is 5.69 Å². The second-order valence-electron chi connectivity index (χ2n) is 7.69. The molecule has 2 heterocycles. The van der Waals surface area contributed by atoms with Crippen LogP contribution in [-0.4, -0.2) is 29.9 Å². The number of benzene rings is 3. The molecular weight excluding hydrogens is 446 g/mol. The maximum absolute atomic E-state index is 11.4. The predicted octanol–water partition coefficient (Wildman–Crippen LogP) is 5.51. The summed E-state index contributed by atoms with van der Waals surface area (Å²) in [6.45, 7) is 0. The second-order valence-corrected chi connectivity index (χ2v) is 8.09. The van der Waals surface area contributed by atoms with Crippen molar-refractivity contribution in [2.24, 2.45) is 5.10 Å². The molecule has 168 valence electrons. The Kier molecular flexibility index (Phi) is 5.30. The molecule has 0 fully saturated rings. The molecule has 9 heteroatoms. The quantitative estimate of drug-likeness (QED) is 0.365. The largest absolute Gasteiger partial charge is 0.493 e. The van der Waals surface area contributed by atoms with E-state index in [1.165, 1.54) is 18.2 Å². The Morgan fingerprint density at radius 3 is 2.61 bits per heavy atom. The van der Waals surface area contributed by atoms with Gasteiger partial charge in [-0.05, 0) is 30.3 Å². The number of non-ortho nitro benzene ring substituents is 1. The van der Waals surface area contributed by atoms with Crippen molar-refractivity contribution < 1.29 is 19.1 Å². The van der Waals surface area contributed by atoms with Crippen molar-refractivity contribution in [2.45, 2.75) is 18.7 Å². The van der Waals surface area contributed by atoms with Gasteiger partial charge in [0, 0.05) is 40.3 Å². The maximum Gasteiger partial charge on any atom is 0.270 e. The van der Waals surface area contributed by atoms with E-state index in [0.29, 0.717) is 34.3 Å². The van der Waals surface area contributed by atoms with E-state index >= 15 is 0 Å². The maximum atomic E-state index is 11.4. The number of ether oxygens (including phenoxy) is 3. The molecule has 3 aromatic carbocycles. The summed E-state index contributed by atoms with van der Waals surface area (Å²) in [6, 6.07) is 17.6. The molecule has 0 bridgehead atoms. The monoisotopic (exact) mass is 465 g/mol. The first-order valence-electron chi connectivity index (χ1n) is 10.3. The lowest BCUT2D eigenvalue weighted by Gasteiger charge is -2.38. The van der Waals surface area contributed by atoms with Gasteiger partial charge in [-0.3, -0.25) is 10.1 Å². The SMILES string of the molecule is COc1ccc(C2=NN3[C@H](C2)c2ccccc2O[C@H]3c2cc([N+](=O)[O-])ccc2Cl)cc1OC. The van der Waals surface area contributed by atoms with Gasteiger partial charge in [0.05, 0.1) is 30.9 Å². The number of fused-ring (bicyclic) bond motifs is 3. The smallest absolute Gasteiger partial charge is 0.270 e. The molecule has 0 aliphatic carbocycles. The summed E-state index contributed by atoms with van der Waals surface area (Å²) < 4.78 is 17.1. The van der Waals surface area contributed by atoms with Crippen LogP contribution in [-0.2, 0) is 0 Å². The van der Waals surface area contributed by atoms with E-state index in [2.05, 4.69) is 0 Å². The first-order chi connectivity index (χ1) is 16.0. The van der Waals surface area contributed by atoms with Crippen LogP contribution >= 0.6 is 11.6 Å². The van der Waals surface area contributed by atoms with Crippen LogP contribution in [0.4, 0.5) is 5.69 Å². The summed E-state index contributed by atoms with van der Waals surface area (Å²) >= 11 is 6.47. The van der Waals surface area contributed by atoms with E-state index in [4.69, 9.17) is 30.9 Å². The van der Waals surface area contributed by atoms with Crippen molar-refractivity contribution in [1.29, 1.82) is 0 Å². The fourth-order valence-corrected chi connectivity index (χ4v) is 4.47. The minimum Gasteiger partial charge on any atom is -0.493 e. The van der Waals surface area contributed by atoms with E-state index < -0.39 is 11.2 Å². The first kappa shape index (κ1) is 21.1. The molecule has 5 rings (SSSR count). The Morgan fingerprint density at radius 2 is 1.85 bits per heavy atom. The molecular formula is C24H20ClN3O5. The summed E-state index contributed by atoms with van der Waals surface area (Å²) in [5.74, 6) is 1.94. The molecule has 2 aliphatic heterocycles. The first-order valence-corrected chi connectivity index (χ1v) is 10.7. The summed E-state index contributed by atoms with van der Waals surface area (Å²) in [6.07, 6.45) is -0.0891. The normalized spacial score (nSPS) is 18.6. The number of nitro groups is 1. The highest BCUT2D eigenvalue weighted by atomic mass is 35.5. The molecule has 2 aliphatic rings. The zero-order chi connectivity index (χ0) is 23.1. The van der Waals surface area contributed by atoms with Crippen LogP contribution in [0.25, 0.3) is 0 Å². The van der Waals surface area contributed by atoms with Gasteiger partial charge >= 0.3 is 0 Å². The van der Waals surface area contributed by atoms with Crippen LogP contribution in [0.2, 0.25) is 5.02 Å². The molecule has 0 amide bonds. The summed E-state index contributed by atoms with van der Waals surface area (Å²) in [5.41, 5.74) is 3.16. The topological polar surface area (TPSA) is 86.4 Å². The third-order valence-electron chi connectivity index (χ3n) is 5.87. The van der Waals surface area contributed by atoms with Gasteiger partial charge in [-0.25, -0.2) is 5.01 Å². The van der Waals surface area contributed by atoms with Crippen molar-refractivity contribution in [3.05, 3.63) is 92.5 Å². The molecule has 8 nitrogen and oxygen atoms in total. The Balaban J connectivity index is 1.61. The molecule has 0 unspecified atom stereocenters. The van der Waals surface area contributed by atoms with Crippen LogP contribution < -0.4 is 14.2 Å². The zero-order valence-electron chi connectivity index (χ0n) is 17.9. The van der Waals surface area contributed by atoms with Crippen molar-refractivity contribution in [3.63, 3.8) is 0 Å². The fraction of sp³-hybridized carbons (Fsp3) is 0.208. The van der Waals surface area contributed by atoms with Gasteiger partial charge in [0.15, 0.2) is 11.5 Å². The number of rotatable bonds is 5. The fourth-order valence-electron chi connectivity index (χ4n) is 4.26. The summed E-state index contributed by atoms with van der Waals surface area (Å²) in [5, 5.41) is 18.5. The lowest BCUT2D eigenvalue weighted by molar-refractivity contribution is -0.385. The lowest BCUT2D eigenvalue weighted by Crippen LogP contribution is -2.33. The minimum absolute atomic E-state index is 0.0586. The number of para-hydroxylation sites is 1. The molecule has 33 heavy (non-hydrogen) atoms. The van der Waals surface area contributed by atoms with E-state index in [9.17, 15) is 10.1 Å². The average Bonchev–Trinajstić information content (AvgIpc) is 3.29. The zero-order valence-corrected chi connectivity index (χ0v) is 18.7. The van der Waals surface area contributed by atoms with Gasteiger partial charge in [-0.2, -0.15) is 5.10 Å². The number of hydrogen-bond acceptors (Lipinski definition) is 7. The van der Waals surface area contributed by atoms with Crippen LogP contribution in [0.5, 0.6) is 17.2 Å². The third kappa shape index (κ3) is 3.62. The Bertz CT molecular complexity index is 1280. The van der Waals surface area contributed by atoms with E-state index in [-0.39, 0.29) is 11.7 Å². The molecule has 0 aromatic heterocycles. The predicted molar refractivity (Wildman–Crippen MR) is 123 cm³/mol. The molecule has 0 saturated heterocycles. The number of hydrazone groups is 1. The Hall–Kier alpha value is -3.78. The highest BCUT2D eigenvalue weighted by Crippen LogP contribution is 2.49. The van der Waals surface area contributed by atoms with E-state index in [1.54, 1.807) is 14.2 Å². The highest BCUT2D eigenvalue weighted by Gasteiger charge is 2.42. The highest BCUT2D eigenvalue weighted by molar-refractivity contribution is 6.31. The molecule has 0 N–H and O–H groups in total. The molecule has 0 spiro atoms. The third-order valence-corrected chi connectivity index (χ3v) is 6.22. The molecule has 0 radical (unpaired) electrons. The number of halogens is 1. The van der Waals surface area contributed by atoms with Crippen molar-refractivity contribution in [1.82, 2.24) is 5.01 Å². The summed E-state index contributed by atoms with van der Waals surface area (Å²) in [7, 11) is 3.18. The Morgan fingerprint density at radius 1 is 1.06 bits per heavy atom. The van der Waals surface area contributed by atoms with Crippen LogP contribution in [0.15, 0.2) is 65.8 Å². The number of nitrogens with zero attached hydrogens (tertiary/aromatic N) is 3. The minimum atomic E-state index is -0.713. The van der Waals surface area contributed by atoms with Gasteiger partial charge in [0.1, 0.15) is 5.75 Å². The lowest BCUT2D eigenvalue weighted by atomic mass is 9.95. The van der Waals surface area contributed by atoms with E-state index in [0.717, 1.165) is 16.8 Å². The average molecular weight is 466 g/mol. The number of nitro benzene ring substituents is 1. The Labute approximate surface area is 195 Å². The van der Waals surface area contributed by atoms with Gasteiger partial charge in [0.2, 0.25) is 6.23 Å². The molecule has 0 saturated carbocycles. The van der Waals surface area contributed by atoms with Gasteiger partial charge in [-0.15, -0.1) is 0 Å². The van der Waals surface area contributed by atoms with Crippen molar-refractivity contribution >= 4 is 23.0 Å². The van der Waals surface area contributed by atoms with Crippen molar-refractivity contribution in [3.8, 4) is 17.2 Å². The molecule has 2 atom stereocenters. The van der Waals surface area contributed by atoms with Gasteiger partial charge in [-0.1, -0.05) is 29.8 Å². The van der Waals surface area contributed by atoms with E-state index in [1.807, 2.05) is 47.5 Å². The summed E-state index contributed by atoms with van der Waals surface area (Å²) in [4.78, 5) is 10.9. The second kappa shape index (κ2) is 8.29.